The van der Waals surface area contributed by atoms with E-state index in [-0.39, 0.29) is 22.9 Å². The van der Waals surface area contributed by atoms with E-state index in [0.29, 0.717) is 24.5 Å². The van der Waals surface area contributed by atoms with Crippen LogP contribution in [0.15, 0.2) is 6.20 Å². The number of methoxy groups -OCH3 is 1. The topological polar surface area (TPSA) is 97.5 Å². The molecule has 8 nitrogen and oxygen atoms in total. The van der Waals surface area contributed by atoms with Gasteiger partial charge in [-0.25, -0.2) is 4.98 Å². The average molecular weight is 391 g/mol. The maximum atomic E-state index is 12.9. The van der Waals surface area contributed by atoms with E-state index in [1.807, 2.05) is 37.7 Å². The van der Waals surface area contributed by atoms with Gasteiger partial charge in [-0.15, -0.1) is 0 Å². The summed E-state index contributed by atoms with van der Waals surface area (Å²) in [5, 5.41) is 0.0743. The van der Waals surface area contributed by atoms with Gasteiger partial charge >= 0.3 is 0 Å². The van der Waals surface area contributed by atoms with Gasteiger partial charge in [0.25, 0.3) is 0 Å². The summed E-state index contributed by atoms with van der Waals surface area (Å²) in [6.45, 7) is 4.81. The lowest BCUT2D eigenvalue weighted by atomic mass is 9.99. The molecule has 1 unspecified atom stereocenters. The summed E-state index contributed by atoms with van der Waals surface area (Å²) < 4.78 is 5.50. The van der Waals surface area contributed by atoms with Crippen LogP contribution in [0.1, 0.15) is 27.2 Å². The molecular weight excluding hydrogens is 368 g/mol. The van der Waals surface area contributed by atoms with Crippen LogP contribution in [0.5, 0.6) is 5.75 Å². The van der Waals surface area contributed by atoms with E-state index in [9.17, 15) is 4.79 Å². The Hall–Kier alpha value is -2.45. The average Bonchev–Trinajstić information content (AvgIpc) is 2.59. The Bertz CT molecular complexity index is 902. The van der Waals surface area contributed by atoms with E-state index in [4.69, 9.17) is 22.1 Å². The Morgan fingerprint density at radius 3 is 2.70 bits per heavy atom. The van der Waals surface area contributed by atoms with E-state index < -0.39 is 0 Å². The number of rotatable bonds is 4. The molecule has 0 saturated carbocycles. The summed E-state index contributed by atoms with van der Waals surface area (Å²) in [5.41, 5.74) is 8.83. The number of ketones is 1. The molecule has 0 fully saturated rings. The van der Waals surface area contributed by atoms with E-state index in [1.165, 1.54) is 0 Å². The fourth-order valence-electron chi connectivity index (χ4n) is 3.37. The van der Waals surface area contributed by atoms with Crippen LogP contribution < -0.4 is 15.4 Å². The summed E-state index contributed by atoms with van der Waals surface area (Å²) in [6, 6.07) is -0.366. The molecule has 0 spiro atoms. The van der Waals surface area contributed by atoms with Crippen molar-refractivity contribution < 1.29 is 9.53 Å². The van der Waals surface area contributed by atoms with E-state index >= 15 is 0 Å². The second-order valence-corrected chi connectivity index (χ2v) is 7.20. The minimum atomic E-state index is -0.366. The molecule has 0 bridgehead atoms. The summed E-state index contributed by atoms with van der Waals surface area (Å²) in [7, 11) is 5.36. The van der Waals surface area contributed by atoms with Gasteiger partial charge in [-0.3, -0.25) is 14.7 Å². The number of ether oxygens (including phenoxy) is 1. The van der Waals surface area contributed by atoms with Crippen molar-refractivity contribution in [2.24, 2.45) is 0 Å². The highest BCUT2D eigenvalue weighted by Gasteiger charge is 2.37. The molecule has 3 rings (SSSR count). The van der Waals surface area contributed by atoms with Crippen LogP contribution in [0.4, 0.5) is 11.8 Å². The first-order chi connectivity index (χ1) is 12.7. The van der Waals surface area contributed by atoms with Gasteiger partial charge in [0, 0.05) is 23.9 Å². The van der Waals surface area contributed by atoms with Gasteiger partial charge in [-0.05, 0) is 27.9 Å². The molecule has 27 heavy (non-hydrogen) atoms. The predicted molar refractivity (Wildman–Crippen MR) is 105 cm³/mol. The number of halogens is 1. The normalized spacial score (nSPS) is 16.6. The SMILES string of the molecule is COc1c(C)cnc(CN2CC(N(C)C)C(=O)c3c(Cl)nc(N)nc32)c1C. The van der Waals surface area contributed by atoms with E-state index in [1.54, 1.807) is 13.3 Å². The van der Waals surface area contributed by atoms with E-state index in [0.717, 1.165) is 22.6 Å². The number of carbonyl (C=O) groups is 1. The molecule has 1 aliphatic rings. The van der Waals surface area contributed by atoms with Crippen LogP contribution in [-0.2, 0) is 6.54 Å². The molecule has 0 aliphatic carbocycles. The van der Waals surface area contributed by atoms with Gasteiger partial charge in [0.2, 0.25) is 5.95 Å². The summed E-state index contributed by atoms with van der Waals surface area (Å²) in [4.78, 5) is 29.5. The number of aryl methyl sites for hydroxylation is 1. The zero-order valence-corrected chi connectivity index (χ0v) is 16.8. The molecule has 0 saturated heterocycles. The first-order valence-electron chi connectivity index (χ1n) is 8.52. The zero-order valence-electron chi connectivity index (χ0n) is 16.1. The molecule has 0 aromatic carbocycles. The van der Waals surface area contributed by atoms with Crippen LogP contribution in [0, 0.1) is 13.8 Å². The zero-order chi connectivity index (χ0) is 19.9. The van der Waals surface area contributed by atoms with Crippen molar-refractivity contribution >= 4 is 29.2 Å². The quantitative estimate of drug-likeness (QED) is 0.790. The Morgan fingerprint density at radius 2 is 2.07 bits per heavy atom. The highest BCUT2D eigenvalue weighted by atomic mass is 35.5. The Kier molecular flexibility index (Phi) is 5.21. The molecule has 9 heteroatoms. The van der Waals surface area contributed by atoms with Crippen molar-refractivity contribution in [3.8, 4) is 5.75 Å². The number of likely N-dealkylation sites (N-methyl/N-ethyl adjacent to an activating group) is 1. The van der Waals surface area contributed by atoms with Gasteiger partial charge in [-0.1, -0.05) is 11.6 Å². The van der Waals surface area contributed by atoms with Crippen molar-refractivity contribution in [2.75, 3.05) is 38.4 Å². The van der Waals surface area contributed by atoms with Crippen LogP contribution >= 0.6 is 11.6 Å². The van der Waals surface area contributed by atoms with Gasteiger partial charge in [-0.2, -0.15) is 4.98 Å². The Labute approximate surface area is 163 Å². The molecule has 0 amide bonds. The highest BCUT2D eigenvalue weighted by Crippen LogP contribution is 2.34. The summed E-state index contributed by atoms with van der Waals surface area (Å²) >= 11 is 6.25. The molecule has 0 radical (unpaired) electrons. The number of hydrogen-bond donors (Lipinski definition) is 1. The van der Waals surface area contributed by atoms with Crippen molar-refractivity contribution in [2.45, 2.75) is 26.4 Å². The number of nitrogens with two attached hydrogens (primary N) is 1. The number of aromatic nitrogens is 3. The maximum Gasteiger partial charge on any atom is 0.223 e. The standard InChI is InChI=1S/C18H23ClN6O2/c1-9-6-21-11(10(2)15(9)27-5)7-25-8-12(24(3)4)14(26)13-16(19)22-18(20)23-17(13)25/h6,12H,7-8H2,1-5H3,(H2,20,22,23). The monoisotopic (exact) mass is 390 g/mol. The van der Waals surface area contributed by atoms with Crippen molar-refractivity contribution in [1.29, 1.82) is 0 Å². The predicted octanol–water partition coefficient (Wildman–Crippen LogP) is 1.87. The van der Waals surface area contributed by atoms with Crippen molar-refractivity contribution in [1.82, 2.24) is 19.9 Å². The van der Waals surface area contributed by atoms with Crippen LogP contribution in [0.25, 0.3) is 0 Å². The summed E-state index contributed by atoms with van der Waals surface area (Å²) in [5.74, 6) is 1.17. The van der Waals surface area contributed by atoms with Crippen molar-refractivity contribution in [3.05, 3.63) is 33.7 Å². The third-order valence-electron chi connectivity index (χ3n) is 4.82. The number of nitrogens with zero attached hydrogens (tertiary/aromatic N) is 5. The molecule has 2 aromatic rings. The largest absolute Gasteiger partial charge is 0.496 e. The molecule has 2 N–H and O–H groups in total. The third kappa shape index (κ3) is 3.42. The van der Waals surface area contributed by atoms with Gasteiger partial charge in [0.15, 0.2) is 5.78 Å². The summed E-state index contributed by atoms with van der Waals surface area (Å²) in [6.07, 6.45) is 1.78. The van der Waals surface area contributed by atoms with Gasteiger partial charge < -0.3 is 15.4 Å². The first-order valence-corrected chi connectivity index (χ1v) is 8.90. The molecule has 3 heterocycles. The lowest BCUT2D eigenvalue weighted by molar-refractivity contribution is 0.0870. The highest BCUT2D eigenvalue weighted by molar-refractivity contribution is 6.34. The van der Waals surface area contributed by atoms with Gasteiger partial charge in [0.1, 0.15) is 16.7 Å². The second kappa shape index (κ2) is 7.28. The third-order valence-corrected chi connectivity index (χ3v) is 5.09. The fourth-order valence-corrected chi connectivity index (χ4v) is 3.64. The lowest BCUT2D eigenvalue weighted by Crippen LogP contribution is -2.50. The van der Waals surface area contributed by atoms with Crippen LogP contribution in [0.2, 0.25) is 5.15 Å². The molecule has 144 valence electrons. The minimum absolute atomic E-state index is 0.0334. The molecule has 1 atom stereocenters. The fraction of sp³-hybridized carbons (Fsp3) is 0.444. The number of carbonyl (C=O) groups excluding carboxylic acids is 1. The lowest BCUT2D eigenvalue weighted by Gasteiger charge is -2.37. The number of anilines is 2. The smallest absolute Gasteiger partial charge is 0.223 e. The van der Waals surface area contributed by atoms with Crippen LogP contribution in [-0.4, -0.2) is 59.4 Å². The Balaban J connectivity index is 2.08. The number of hydrogen-bond acceptors (Lipinski definition) is 8. The number of nitrogen functional groups attached to an aromatic ring is 1. The molecule has 1 aliphatic heterocycles. The van der Waals surface area contributed by atoms with E-state index in [2.05, 4.69) is 15.0 Å². The van der Waals surface area contributed by atoms with Crippen molar-refractivity contribution in [3.63, 3.8) is 0 Å². The first kappa shape index (κ1) is 19.3. The van der Waals surface area contributed by atoms with Crippen LogP contribution in [0.3, 0.4) is 0 Å². The molecule has 2 aromatic heterocycles. The number of Topliss-reactive ketones (excluding diaryl/α,β-unsaturated/α-hetero) is 1. The maximum absolute atomic E-state index is 12.9. The number of fused-ring (bicyclic) bond motifs is 1. The second-order valence-electron chi connectivity index (χ2n) is 6.84. The Morgan fingerprint density at radius 1 is 1.37 bits per heavy atom. The molecular formula is C18H23ClN6O2. The van der Waals surface area contributed by atoms with Gasteiger partial charge in [0.05, 0.1) is 31.0 Å². The number of pyridine rings is 1. The minimum Gasteiger partial charge on any atom is -0.496 e.